The number of amides is 1. The lowest BCUT2D eigenvalue weighted by molar-refractivity contribution is -0.113. The summed E-state index contributed by atoms with van der Waals surface area (Å²) in [6, 6.07) is 13.1. The number of carbonyl (C=O) groups excluding carboxylic acids is 1. The number of hydrogen-bond donors (Lipinski definition) is 3. The van der Waals surface area contributed by atoms with Gasteiger partial charge in [-0.3, -0.25) is 9.59 Å². The summed E-state index contributed by atoms with van der Waals surface area (Å²) in [5, 5.41) is 12.6. The first kappa shape index (κ1) is 21.7. The third-order valence-electron chi connectivity index (χ3n) is 4.47. The second-order valence-electron chi connectivity index (χ2n) is 6.91. The van der Waals surface area contributed by atoms with Crippen LogP contribution in [0.15, 0.2) is 69.6 Å². The van der Waals surface area contributed by atoms with Crippen LogP contribution in [0.1, 0.15) is 5.56 Å². The lowest BCUT2D eigenvalue weighted by atomic mass is 10.2. The molecule has 12 heteroatoms. The van der Waals surface area contributed by atoms with Crippen molar-refractivity contribution < 1.29 is 13.2 Å². The third-order valence-corrected chi connectivity index (χ3v) is 6.27. The predicted octanol–water partition coefficient (Wildman–Crippen LogP) is 1.80. The maximum Gasteiger partial charge on any atom is 0.262 e. The van der Waals surface area contributed by atoms with Crippen molar-refractivity contribution >= 4 is 44.4 Å². The van der Waals surface area contributed by atoms with Crippen molar-refractivity contribution in [3.8, 4) is 5.69 Å². The number of fused-ring (bicyclic) bond motifs is 1. The van der Waals surface area contributed by atoms with Gasteiger partial charge in [0.25, 0.3) is 5.56 Å². The van der Waals surface area contributed by atoms with E-state index in [9.17, 15) is 18.0 Å². The molecule has 0 saturated heterocycles. The van der Waals surface area contributed by atoms with Gasteiger partial charge in [-0.2, -0.15) is 5.10 Å². The predicted molar refractivity (Wildman–Crippen MR) is 121 cm³/mol. The van der Waals surface area contributed by atoms with Crippen molar-refractivity contribution in [2.45, 2.75) is 17.0 Å². The summed E-state index contributed by atoms with van der Waals surface area (Å²) in [5.41, 5.74) is 2.09. The molecule has 0 saturated carbocycles. The van der Waals surface area contributed by atoms with Gasteiger partial charge in [-0.1, -0.05) is 23.9 Å². The van der Waals surface area contributed by atoms with E-state index in [4.69, 9.17) is 5.14 Å². The van der Waals surface area contributed by atoms with E-state index < -0.39 is 15.6 Å². The number of nitrogens with one attached hydrogen (secondary N) is 2. The van der Waals surface area contributed by atoms with E-state index in [2.05, 4.69) is 20.4 Å². The molecule has 0 aliphatic rings. The first-order valence-electron chi connectivity index (χ1n) is 9.31. The maximum atomic E-state index is 12.4. The van der Waals surface area contributed by atoms with Crippen LogP contribution in [0.2, 0.25) is 0 Å². The molecular formula is C20H18N6O4S2. The van der Waals surface area contributed by atoms with Crippen molar-refractivity contribution in [2.24, 2.45) is 5.14 Å². The molecule has 10 nitrogen and oxygen atoms in total. The Balaban J connectivity index is 1.56. The van der Waals surface area contributed by atoms with Crippen LogP contribution in [0.5, 0.6) is 0 Å². The van der Waals surface area contributed by atoms with Gasteiger partial charge in [0.15, 0.2) is 10.8 Å². The van der Waals surface area contributed by atoms with Crippen LogP contribution in [0, 0.1) is 6.92 Å². The lowest BCUT2D eigenvalue weighted by Gasteiger charge is -2.07. The molecule has 0 unspecified atom stereocenters. The average Bonchev–Trinajstić information content (AvgIpc) is 3.16. The van der Waals surface area contributed by atoms with Crippen molar-refractivity contribution in [3.05, 3.63) is 70.6 Å². The molecule has 2 aromatic heterocycles. The Bertz CT molecular complexity index is 1480. The molecule has 4 aromatic rings. The molecule has 164 valence electrons. The van der Waals surface area contributed by atoms with Crippen LogP contribution >= 0.6 is 11.8 Å². The largest absolute Gasteiger partial charge is 0.325 e. The number of benzene rings is 2. The van der Waals surface area contributed by atoms with Gasteiger partial charge in [0.05, 0.1) is 22.5 Å². The zero-order valence-corrected chi connectivity index (χ0v) is 18.4. The molecule has 0 bridgehead atoms. The summed E-state index contributed by atoms with van der Waals surface area (Å²) in [6.45, 7) is 1.93. The van der Waals surface area contributed by atoms with E-state index >= 15 is 0 Å². The number of aromatic nitrogens is 4. The van der Waals surface area contributed by atoms with Gasteiger partial charge in [-0.05, 0) is 48.9 Å². The smallest absolute Gasteiger partial charge is 0.262 e. The molecule has 32 heavy (non-hydrogen) atoms. The minimum Gasteiger partial charge on any atom is -0.325 e. The Labute approximate surface area is 186 Å². The quantitative estimate of drug-likeness (QED) is 0.287. The van der Waals surface area contributed by atoms with E-state index in [0.29, 0.717) is 11.4 Å². The van der Waals surface area contributed by atoms with Crippen LogP contribution in [0.3, 0.4) is 0 Å². The number of anilines is 1. The van der Waals surface area contributed by atoms with Gasteiger partial charge in [0.1, 0.15) is 5.39 Å². The molecule has 4 N–H and O–H groups in total. The number of thioether (sulfide) groups is 1. The molecule has 0 aliphatic heterocycles. The zero-order valence-electron chi connectivity index (χ0n) is 16.8. The summed E-state index contributed by atoms with van der Waals surface area (Å²) >= 11 is 1.08. The molecule has 0 fully saturated rings. The number of aryl methyl sites for hydroxylation is 1. The number of hydrogen-bond acceptors (Lipinski definition) is 7. The fraction of sp³-hybridized carbons (Fsp3) is 0.100. The lowest BCUT2D eigenvalue weighted by Crippen LogP contribution is -2.15. The third kappa shape index (κ3) is 4.72. The molecule has 0 aliphatic carbocycles. The summed E-state index contributed by atoms with van der Waals surface area (Å²) < 4.78 is 24.3. The number of rotatable bonds is 6. The van der Waals surface area contributed by atoms with Crippen molar-refractivity contribution in [2.75, 3.05) is 11.1 Å². The fourth-order valence-corrected chi connectivity index (χ4v) is 4.16. The van der Waals surface area contributed by atoms with Gasteiger partial charge >= 0.3 is 0 Å². The maximum absolute atomic E-state index is 12.4. The van der Waals surface area contributed by atoms with Crippen LogP contribution in [0.4, 0.5) is 5.69 Å². The SMILES string of the molecule is Cc1cccc(NC(=O)CSc2nc3c(cnn3-c3ccc(S(N)(=O)=O)cc3)c(=O)[nH]2)c1. The van der Waals surface area contributed by atoms with Crippen LogP contribution in [-0.2, 0) is 14.8 Å². The monoisotopic (exact) mass is 470 g/mol. The first-order valence-corrected chi connectivity index (χ1v) is 11.8. The molecule has 0 atom stereocenters. The standard InChI is InChI=1S/C20H18N6O4S2/c1-12-3-2-4-13(9-12)23-17(27)11-31-20-24-18-16(19(28)25-20)10-22-26(18)14-5-7-15(8-6-14)32(21,29)30/h2-10H,11H2,1H3,(H,23,27)(H2,21,29,30)(H,24,25,28). The van der Waals surface area contributed by atoms with Crippen molar-refractivity contribution in [1.29, 1.82) is 0 Å². The van der Waals surface area contributed by atoms with Gasteiger partial charge in [0.2, 0.25) is 15.9 Å². The van der Waals surface area contributed by atoms with Crippen LogP contribution < -0.4 is 16.0 Å². The number of H-pyrrole nitrogens is 1. The minimum absolute atomic E-state index is 0.0413. The molecule has 2 heterocycles. The van der Waals surface area contributed by atoms with Crippen molar-refractivity contribution in [1.82, 2.24) is 19.7 Å². The molecule has 2 aromatic carbocycles. The average molecular weight is 471 g/mol. The Kier molecular flexibility index (Phi) is 5.82. The fourth-order valence-electron chi connectivity index (χ4n) is 2.99. The molecule has 0 radical (unpaired) electrons. The number of sulfonamides is 1. The van der Waals surface area contributed by atoms with Crippen LogP contribution in [0.25, 0.3) is 16.7 Å². The van der Waals surface area contributed by atoms with E-state index in [-0.39, 0.29) is 32.7 Å². The Hall–Kier alpha value is -3.48. The minimum atomic E-state index is -3.83. The topological polar surface area (TPSA) is 153 Å². The van der Waals surface area contributed by atoms with E-state index in [1.807, 2.05) is 25.1 Å². The number of aromatic amines is 1. The van der Waals surface area contributed by atoms with Gasteiger partial charge in [0, 0.05) is 5.69 Å². The molecule has 1 amide bonds. The number of nitrogens with zero attached hydrogens (tertiary/aromatic N) is 3. The normalized spacial score (nSPS) is 11.6. The zero-order chi connectivity index (χ0) is 22.9. The Morgan fingerprint density at radius 3 is 2.66 bits per heavy atom. The van der Waals surface area contributed by atoms with Gasteiger partial charge in [-0.15, -0.1) is 0 Å². The molecule has 4 rings (SSSR count). The number of carbonyl (C=O) groups is 1. The number of nitrogens with two attached hydrogens (primary N) is 1. The highest BCUT2D eigenvalue weighted by Gasteiger charge is 2.14. The summed E-state index contributed by atoms with van der Waals surface area (Å²) in [6.07, 6.45) is 1.37. The Morgan fingerprint density at radius 2 is 1.97 bits per heavy atom. The van der Waals surface area contributed by atoms with Gasteiger partial charge < -0.3 is 10.3 Å². The van der Waals surface area contributed by atoms with E-state index in [1.54, 1.807) is 6.07 Å². The molecule has 0 spiro atoms. The highest BCUT2D eigenvalue weighted by atomic mass is 32.2. The summed E-state index contributed by atoms with van der Waals surface area (Å²) in [5.74, 6) is -0.199. The van der Waals surface area contributed by atoms with Gasteiger partial charge in [-0.25, -0.2) is 23.2 Å². The highest BCUT2D eigenvalue weighted by Crippen LogP contribution is 2.19. The second-order valence-corrected chi connectivity index (χ2v) is 9.44. The first-order chi connectivity index (χ1) is 15.2. The summed E-state index contributed by atoms with van der Waals surface area (Å²) in [4.78, 5) is 31.7. The Morgan fingerprint density at radius 1 is 1.22 bits per heavy atom. The molecular weight excluding hydrogens is 452 g/mol. The van der Waals surface area contributed by atoms with E-state index in [0.717, 1.165) is 17.3 Å². The van der Waals surface area contributed by atoms with Crippen LogP contribution in [-0.4, -0.2) is 39.8 Å². The second kappa shape index (κ2) is 8.57. The summed E-state index contributed by atoms with van der Waals surface area (Å²) in [7, 11) is -3.83. The van der Waals surface area contributed by atoms with E-state index in [1.165, 1.54) is 35.1 Å². The van der Waals surface area contributed by atoms with Crippen molar-refractivity contribution in [3.63, 3.8) is 0 Å². The highest BCUT2D eigenvalue weighted by molar-refractivity contribution is 7.99. The number of primary sulfonamides is 1.